The van der Waals surface area contributed by atoms with Gasteiger partial charge in [-0.2, -0.15) is 9.47 Å². The predicted octanol–water partition coefficient (Wildman–Crippen LogP) is 1.34. The quantitative estimate of drug-likeness (QED) is 0.855. The Kier molecular flexibility index (Phi) is 2.47. The number of nitrogens with zero attached hydrogens (tertiary/aromatic N) is 4. The van der Waals surface area contributed by atoms with Gasteiger partial charge in [0.25, 0.3) is 0 Å². The van der Waals surface area contributed by atoms with Crippen molar-refractivity contribution in [2.24, 2.45) is 7.05 Å². The Morgan fingerprint density at radius 2 is 2.41 bits per heavy atom. The predicted molar refractivity (Wildman–Crippen MR) is 66.8 cm³/mol. The number of nitrogens with two attached hydrogens (primary N) is 1. The average Bonchev–Trinajstić information content (AvgIpc) is 3.00. The van der Waals surface area contributed by atoms with E-state index in [1.165, 1.54) is 24.4 Å². The molecular weight excluding hydrogens is 236 g/mol. The van der Waals surface area contributed by atoms with Gasteiger partial charge in [0.1, 0.15) is 11.6 Å². The topological polar surface area (TPSA) is 81.7 Å². The van der Waals surface area contributed by atoms with Crippen molar-refractivity contribution >= 4 is 22.5 Å². The van der Waals surface area contributed by atoms with Gasteiger partial charge in [-0.1, -0.05) is 0 Å². The molecule has 2 aromatic heterocycles. The average molecular weight is 250 g/mol. The summed E-state index contributed by atoms with van der Waals surface area (Å²) < 4.78 is 5.99. The Balaban J connectivity index is 1.64. The first-order valence-electron chi connectivity index (χ1n) is 5.58. The van der Waals surface area contributed by atoms with Crippen molar-refractivity contribution in [3.63, 3.8) is 0 Å². The fourth-order valence-electron chi connectivity index (χ4n) is 1.61. The van der Waals surface area contributed by atoms with E-state index in [2.05, 4.69) is 19.8 Å². The Morgan fingerprint density at radius 3 is 3.06 bits per heavy atom. The van der Waals surface area contributed by atoms with E-state index in [0.717, 1.165) is 16.5 Å². The standard InChI is InChI=1S/C10H14N6S/c1-16-8(11)7(5-13-16)4-12-10-14-9(15-17-10)6-2-3-6/h5-6H,2-4,11H2,1H3,(H,12,14,15). The molecule has 6 nitrogen and oxygen atoms in total. The van der Waals surface area contributed by atoms with Crippen LogP contribution in [-0.2, 0) is 13.6 Å². The highest BCUT2D eigenvalue weighted by atomic mass is 32.1. The minimum absolute atomic E-state index is 0.602. The molecule has 0 radical (unpaired) electrons. The summed E-state index contributed by atoms with van der Waals surface area (Å²) in [5.41, 5.74) is 6.84. The highest BCUT2D eigenvalue weighted by Crippen LogP contribution is 2.39. The molecule has 17 heavy (non-hydrogen) atoms. The van der Waals surface area contributed by atoms with Crippen LogP contribution in [0.2, 0.25) is 0 Å². The van der Waals surface area contributed by atoms with E-state index >= 15 is 0 Å². The van der Waals surface area contributed by atoms with E-state index in [1.807, 2.05) is 7.05 Å². The normalized spacial score (nSPS) is 15.1. The molecule has 7 heteroatoms. The van der Waals surface area contributed by atoms with E-state index in [1.54, 1.807) is 10.9 Å². The lowest BCUT2D eigenvalue weighted by Crippen LogP contribution is -2.03. The van der Waals surface area contributed by atoms with Gasteiger partial charge in [0.05, 0.1) is 6.20 Å². The minimum Gasteiger partial charge on any atom is -0.384 e. The molecule has 90 valence electrons. The highest BCUT2D eigenvalue weighted by Gasteiger charge is 2.27. The van der Waals surface area contributed by atoms with E-state index in [4.69, 9.17) is 5.73 Å². The van der Waals surface area contributed by atoms with Crippen molar-refractivity contribution in [1.29, 1.82) is 0 Å². The molecule has 2 aromatic rings. The first kappa shape index (κ1) is 10.5. The van der Waals surface area contributed by atoms with Crippen LogP contribution >= 0.6 is 11.5 Å². The van der Waals surface area contributed by atoms with Crippen molar-refractivity contribution in [2.45, 2.75) is 25.3 Å². The van der Waals surface area contributed by atoms with Gasteiger partial charge in [0.15, 0.2) is 0 Å². The van der Waals surface area contributed by atoms with Crippen LogP contribution in [0.3, 0.4) is 0 Å². The summed E-state index contributed by atoms with van der Waals surface area (Å²) in [4.78, 5) is 4.45. The van der Waals surface area contributed by atoms with Crippen LogP contribution in [0.15, 0.2) is 6.20 Å². The van der Waals surface area contributed by atoms with Crippen LogP contribution in [0.5, 0.6) is 0 Å². The second kappa shape index (κ2) is 3.99. The van der Waals surface area contributed by atoms with E-state index in [0.29, 0.717) is 18.3 Å². The van der Waals surface area contributed by atoms with Gasteiger partial charge in [-0.3, -0.25) is 4.68 Å². The molecule has 1 aliphatic rings. The lowest BCUT2D eigenvalue weighted by molar-refractivity contribution is 0.778. The number of hydrogen-bond acceptors (Lipinski definition) is 6. The van der Waals surface area contributed by atoms with E-state index in [9.17, 15) is 0 Å². The Bertz CT molecular complexity index is 527. The van der Waals surface area contributed by atoms with Crippen molar-refractivity contribution < 1.29 is 0 Å². The van der Waals surface area contributed by atoms with Gasteiger partial charge in [0, 0.05) is 36.6 Å². The summed E-state index contributed by atoms with van der Waals surface area (Å²) in [6.07, 6.45) is 4.22. The van der Waals surface area contributed by atoms with Crippen LogP contribution < -0.4 is 11.1 Å². The molecule has 0 amide bonds. The van der Waals surface area contributed by atoms with Gasteiger partial charge in [-0.05, 0) is 12.8 Å². The first-order chi connectivity index (χ1) is 8.24. The molecule has 1 saturated carbocycles. The zero-order chi connectivity index (χ0) is 11.8. The van der Waals surface area contributed by atoms with E-state index in [-0.39, 0.29) is 0 Å². The van der Waals surface area contributed by atoms with Gasteiger partial charge in [0.2, 0.25) is 5.13 Å². The first-order valence-corrected chi connectivity index (χ1v) is 6.35. The number of aryl methyl sites for hydroxylation is 1. The third-order valence-corrected chi connectivity index (χ3v) is 3.57. The highest BCUT2D eigenvalue weighted by molar-refractivity contribution is 7.09. The third kappa shape index (κ3) is 2.10. The molecule has 0 saturated heterocycles. The van der Waals surface area contributed by atoms with Crippen molar-refractivity contribution in [3.05, 3.63) is 17.6 Å². The monoisotopic (exact) mass is 250 g/mol. The summed E-state index contributed by atoms with van der Waals surface area (Å²) in [6.45, 7) is 0.638. The molecule has 3 rings (SSSR count). The molecule has 0 unspecified atom stereocenters. The summed E-state index contributed by atoms with van der Waals surface area (Å²) in [6, 6.07) is 0. The molecule has 0 spiro atoms. The Labute approximate surface area is 103 Å². The zero-order valence-corrected chi connectivity index (χ0v) is 10.4. The maximum atomic E-state index is 5.86. The number of anilines is 2. The summed E-state index contributed by atoms with van der Waals surface area (Å²) in [7, 11) is 1.83. The molecular formula is C10H14N6S. The van der Waals surface area contributed by atoms with Gasteiger partial charge < -0.3 is 11.1 Å². The fraction of sp³-hybridized carbons (Fsp3) is 0.500. The number of hydrogen-bond donors (Lipinski definition) is 2. The Morgan fingerprint density at radius 1 is 1.59 bits per heavy atom. The largest absolute Gasteiger partial charge is 0.384 e. The zero-order valence-electron chi connectivity index (χ0n) is 9.55. The third-order valence-electron chi connectivity index (χ3n) is 2.88. The second-order valence-electron chi connectivity index (χ2n) is 4.26. The molecule has 1 aliphatic carbocycles. The molecule has 2 heterocycles. The molecule has 0 bridgehead atoms. The SMILES string of the molecule is Cn1ncc(CNc2nc(C3CC3)ns2)c1N. The van der Waals surface area contributed by atoms with Crippen LogP contribution in [-0.4, -0.2) is 19.1 Å². The van der Waals surface area contributed by atoms with Crippen LogP contribution in [0.25, 0.3) is 0 Å². The second-order valence-corrected chi connectivity index (χ2v) is 5.02. The number of aromatic nitrogens is 4. The van der Waals surface area contributed by atoms with Crippen molar-refractivity contribution in [2.75, 3.05) is 11.1 Å². The fourth-order valence-corrected chi connectivity index (χ4v) is 2.25. The lowest BCUT2D eigenvalue weighted by atomic mass is 10.3. The van der Waals surface area contributed by atoms with Crippen molar-refractivity contribution in [3.8, 4) is 0 Å². The Hall–Kier alpha value is -1.63. The molecule has 3 N–H and O–H groups in total. The maximum Gasteiger partial charge on any atom is 0.202 e. The van der Waals surface area contributed by atoms with Crippen LogP contribution in [0.4, 0.5) is 10.9 Å². The van der Waals surface area contributed by atoms with Crippen LogP contribution in [0, 0.1) is 0 Å². The maximum absolute atomic E-state index is 5.86. The minimum atomic E-state index is 0.602. The van der Waals surface area contributed by atoms with Crippen LogP contribution in [0.1, 0.15) is 30.1 Å². The molecule has 0 aliphatic heterocycles. The van der Waals surface area contributed by atoms with E-state index < -0.39 is 0 Å². The molecule has 0 atom stereocenters. The summed E-state index contributed by atoms with van der Waals surface area (Å²) >= 11 is 1.41. The lowest BCUT2D eigenvalue weighted by Gasteiger charge is -2.01. The smallest absolute Gasteiger partial charge is 0.202 e. The van der Waals surface area contributed by atoms with Crippen molar-refractivity contribution in [1.82, 2.24) is 19.1 Å². The molecule has 1 fully saturated rings. The summed E-state index contributed by atoms with van der Waals surface area (Å²) in [5, 5.41) is 8.18. The van der Waals surface area contributed by atoms with Gasteiger partial charge in [-0.15, -0.1) is 0 Å². The number of nitrogen functional groups attached to an aromatic ring is 1. The van der Waals surface area contributed by atoms with Gasteiger partial charge >= 0.3 is 0 Å². The summed E-state index contributed by atoms with van der Waals surface area (Å²) in [5.74, 6) is 2.27. The van der Waals surface area contributed by atoms with Gasteiger partial charge in [-0.25, -0.2) is 4.98 Å². The number of rotatable bonds is 4. The molecule has 0 aromatic carbocycles. The number of nitrogens with one attached hydrogen (secondary N) is 1.